The number of carboxylic acid groups (broad SMARTS) is 1. The van der Waals surface area contributed by atoms with E-state index in [2.05, 4.69) is 10.3 Å². The van der Waals surface area contributed by atoms with Gasteiger partial charge in [-0.05, 0) is 23.8 Å². The Morgan fingerprint density at radius 2 is 1.64 bits per heavy atom. The molecule has 0 radical (unpaired) electrons. The highest BCUT2D eigenvalue weighted by molar-refractivity contribution is 5.92. The van der Waals surface area contributed by atoms with E-state index >= 15 is 0 Å². The molecule has 0 aliphatic heterocycles. The maximum Gasteiger partial charge on any atom is 0.303 e. The Morgan fingerprint density at radius 3 is 2.40 bits per heavy atom. The fourth-order valence-corrected chi connectivity index (χ4v) is 2.80. The van der Waals surface area contributed by atoms with Gasteiger partial charge in [-0.1, -0.05) is 48.5 Å². The van der Waals surface area contributed by atoms with Crippen LogP contribution in [0.5, 0.6) is 0 Å². The Kier molecular flexibility index (Phi) is 5.04. The number of hydrogen-bond acceptors (Lipinski definition) is 3. The molecule has 25 heavy (non-hydrogen) atoms. The van der Waals surface area contributed by atoms with Gasteiger partial charge in [0.2, 0.25) is 5.91 Å². The van der Waals surface area contributed by atoms with E-state index in [4.69, 9.17) is 5.11 Å². The van der Waals surface area contributed by atoms with Gasteiger partial charge >= 0.3 is 5.97 Å². The maximum absolute atomic E-state index is 12.4. The lowest BCUT2D eigenvalue weighted by Gasteiger charge is -2.15. The molecular weight excluding hydrogens is 316 g/mol. The second kappa shape index (κ2) is 7.57. The van der Waals surface area contributed by atoms with Gasteiger partial charge in [0.1, 0.15) is 5.82 Å². The molecule has 0 spiro atoms. The van der Waals surface area contributed by atoms with Gasteiger partial charge in [-0.15, -0.1) is 0 Å². The molecule has 126 valence electrons. The van der Waals surface area contributed by atoms with Crippen molar-refractivity contribution in [1.29, 1.82) is 0 Å². The summed E-state index contributed by atoms with van der Waals surface area (Å²) < 4.78 is 0. The standard InChI is InChI=1S/C20H18N2O3/c23-19(12-16(13-20(24)25)14-6-2-1-3-7-14)22-18-11-10-15-8-4-5-9-17(15)21-18/h1-11,16H,12-13H2,(H,24,25)(H,21,22,23)/t16-/m1/s1. The van der Waals surface area contributed by atoms with E-state index in [1.165, 1.54) is 0 Å². The van der Waals surface area contributed by atoms with Gasteiger partial charge in [0.05, 0.1) is 11.9 Å². The summed E-state index contributed by atoms with van der Waals surface area (Å²) >= 11 is 0. The molecule has 5 heteroatoms. The number of aliphatic carboxylic acids is 1. The van der Waals surface area contributed by atoms with Crippen molar-refractivity contribution in [1.82, 2.24) is 4.98 Å². The normalized spacial score (nSPS) is 11.8. The van der Waals surface area contributed by atoms with Crippen LogP contribution in [0.15, 0.2) is 66.7 Å². The van der Waals surface area contributed by atoms with Crippen LogP contribution in [0.25, 0.3) is 10.9 Å². The van der Waals surface area contributed by atoms with E-state index in [0.717, 1.165) is 16.5 Å². The summed E-state index contributed by atoms with van der Waals surface area (Å²) in [5, 5.41) is 12.9. The summed E-state index contributed by atoms with van der Waals surface area (Å²) in [6.07, 6.45) is -0.00655. The molecule has 0 aliphatic rings. The number of anilines is 1. The predicted octanol–water partition coefficient (Wildman–Crippen LogP) is 3.82. The fourth-order valence-electron chi connectivity index (χ4n) is 2.80. The molecule has 0 saturated carbocycles. The summed E-state index contributed by atoms with van der Waals surface area (Å²) in [6, 6.07) is 20.5. The van der Waals surface area contributed by atoms with E-state index in [0.29, 0.717) is 5.82 Å². The molecule has 2 aromatic carbocycles. The average molecular weight is 334 g/mol. The SMILES string of the molecule is O=C(O)C[C@@H](CC(=O)Nc1ccc2ccccc2n1)c1ccccc1. The number of para-hydroxylation sites is 1. The maximum atomic E-state index is 12.4. The first kappa shape index (κ1) is 16.6. The zero-order chi connectivity index (χ0) is 17.6. The van der Waals surface area contributed by atoms with Crippen molar-refractivity contribution in [2.24, 2.45) is 0 Å². The van der Waals surface area contributed by atoms with Crippen LogP contribution in [0, 0.1) is 0 Å². The summed E-state index contributed by atoms with van der Waals surface area (Å²) in [6.45, 7) is 0. The summed E-state index contributed by atoms with van der Waals surface area (Å²) in [5.41, 5.74) is 1.64. The third kappa shape index (κ3) is 4.41. The van der Waals surface area contributed by atoms with Gasteiger partial charge in [-0.25, -0.2) is 4.98 Å². The quantitative estimate of drug-likeness (QED) is 0.718. The van der Waals surface area contributed by atoms with E-state index < -0.39 is 5.97 Å². The highest BCUT2D eigenvalue weighted by Crippen LogP contribution is 2.24. The molecule has 5 nitrogen and oxygen atoms in total. The van der Waals surface area contributed by atoms with E-state index in [9.17, 15) is 9.59 Å². The van der Waals surface area contributed by atoms with E-state index in [-0.39, 0.29) is 24.7 Å². The van der Waals surface area contributed by atoms with Crippen LogP contribution < -0.4 is 5.32 Å². The molecule has 1 amide bonds. The third-order valence-electron chi connectivity index (χ3n) is 3.99. The van der Waals surface area contributed by atoms with Crippen molar-refractivity contribution in [2.45, 2.75) is 18.8 Å². The van der Waals surface area contributed by atoms with Crippen molar-refractivity contribution >= 4 is 28.6 Å². The first-order chi connectivity index (χ1) is 12.1. The molecule has 0 fully saturated rings. The zero-order valence-corrected chi connectivity index (χ0v) is 13.6. The van der Waals surface area contributed by atoms with Crippen LogP contribution in [0.2, 0.25) is 0 Å². The molecule has 2 N–H and O–H groups in total. The topological polar surface area (TPSA) is 79.3 Å². The summed E-state index contributed by atoms with van der Waals surface area (Å²) in [4.78, 5) is 27.9. The van der Waals surface area contributed by atoms with Crippen molar-refractivity contribution in [3.63, 3.8) is 0 Å². The molecule has 0 saturated heterocycles. The minimum atomic E-state index is -0.925. The highest BCUT2D eigenvalue weighted by atomic mass is 16.4. The number of carbonyl (C=O) groups is 2. The van der Waals surface area contributed by atoms with Crippen LogP contribution in [-0.2, 0) is 9.59 Å². The fraction of sp³-hybridized carbons (Fsp3) is 0.150. The third-order valence-corrected chi connectivity index (χ3v) is 3.99. The number of pyridine rings is 1. The Bertz CT molecular complexity index is 894. The van der Waals surface area contributed by atoms with Crippen LogP contribution in [-0.4, -0.2) is 22.0 Å². The molecule has 1 aromatic heterocycles. The largest absolute Gasteiger partial charge is 0.481 e. The van der Waals surface area contributed by atoms with Gasteiger partial charge in [0.25, 0.3) is 0 Å². The molecule has 3 rings (SSSR count). The minimum Gasteiger partial charge on any atom is -0.481 e. The molecule has 1 heterocycles. The molecule has 3 aromatic rings. The van der Waals surface area contributed by atoms with Crippen molar-refractivity contribution < 1.29 is 14.7 Å². The summed E-state index contributed by atoms with van der Waals surface area (Å²) in [7, 11) is 0. The predicted molar refractivity (Wildman–Crippen MR) is 96.4 cm³/mol. The molecule has 1 atom stereocenters. The first-order valence-electron chi connectivity index (χ1n) is 8.04. The Hall–Kier alpha value is -3.21. The van der Waals surface area contributed by atoms with Crippen LogP contribution in [0.3, 0.4) is 0 Å². The summed E-state index contributed by atoms with van der Waals surface area (Å²) in [5.74, 6) is -1.09. The molecule has 0 unspecified atom stereocenters. The lowest BCUT2D eigenvalue weighted by Crippen LogP contribution is -2.18. The van der Waals surface area contributed by atoms with Gasteiger partial charge in [0, 0.05) is 17.7 Å². The first-order valence-corrected chi connectivity index (χ1v) is 8.04. The Balaban J connectivity index is 1.73. The van der Waals surface area contributed by atoms with Gasteiger partial charge in [-0.2, -0.15) is 0 Å². The molecule has 0 bridgehead atoms. The number of nitrogens with zero attached hydrogens (tertiary/aromatic N) is 1. The van der Waals surface area contributed by atoms with Crippen molar-refractivity contribution in [2.75, 3.05) is 5.32 Å². The smallest absolute Gasteiger partial charge is 0.303 e. The van der Waals surface area contributed by atoms with Gasteiger partial charge in [0.15, 0.2) is 0 Å². The van der Waals surface area contributed by atoms with Crippen LogP contribution in [0.1, 0.15) is 24.3 Å². The number of aromatic nitrogens is 1. The number of rotatable bonds is 6. The van der Waals surface area contributed by atoms with Crippen molar-refractivity contribution in [3.8, 4) is 0 Å². The number of fused-ring (bicyclic) bond motifs is 1. The number of amides is 1. The Morgan fingerprint density at radius 1 is 0.920 bits per heavy atom. The number of benzene rings is 2. The highest BCUT2D eigenvalue weighted by Gasteiger charge is 2.19. The minimum absolute atomic E-state index is 0.0881. The monoisotopic (exact) mass is 334 g/mol. The average Bonchev–Trinajstić information content (AvgIpc) is 2.61. The second-order valence-electron chi connectivity index (χ2n) is 5.85. The van der Waals surface area contributed by atoms with Gasteiger partial charge in [-0.3, -0.25) is 9.59 Å². The second-order valence-corrected chi connectivity index (χ2v) is 5.85. The molecular formula is C20H18N2O3. The zero-order valence-electron chi connectivity index (χ0n) is 13.6. The number of carbonyl (C=O) groups excluding carboxylic acids is 1. The Labute approximate surface area is 145 Å². The number of hydrogen-bond donors (Lipinski definition) is 2. The molecule has 0 aliphatic carbocycles. The van der Waals surface area contributed by atoms with Crippen LogP contribution >= 0.6 is 0 Å². The number of nitrogens with one attached hydrogen (secondary N) is 1. The van der Waals surface area contributed by atoms with Crippen LogP contribution in [0.4, 0.5) is 5.82 Å². The lowest BCUT2D eigenvalue weighted by molar-refractivity contribution is -0.137. The van der Waals surface area contributed by atoms with E-state index in [1.807, 2.05) is 60.7 Å². The van der Waals surface area contributed by atoms with Crippen molar-refractivity contribution in [3.05, 3.63) is 72.3 Å². The lowest BCUT2D eigenvalue weighted by atomic mass is 9.92. The number of carboxylic acids is 1. The van der Waals surface area contributed by atoms with Gasteiger partial charge < -0.3 is 10.4 Å². The van der Waals surface area contributed by atoms with E-state index in [1.54, 1.807) is 6.07 Å².